The van der Waals surface area contributed by atoms with E-state index in [1.165, 1.54) is 0 Å². The summed E-state index contributed by atoms with van der Waals surface area (Å²) >= 11 is 0. The minimum Gasteiger partial charge on any atom is -0.478 e. The Balaban J connectivity index is 1.03. The van der Waals surface area contributed by atoms with Crippen molar-refractivity contribution in [2.24, 2.45) is 7.05 Å². The summed E-state index contributed by atoms with van der Waals surface area (Å²) in [6, 6.07) is 17.6. The second kappa shape index (κ2) is 11.3. The lowest BCUT2D eigenvalue weighted by atomic mass is 10.1. The number of carboxylic acids is 1. The van der Waals surface area contributed by atoms with E-state index >= 15 is 0 Å². The molecule has 0 aliphatic carbocycles. The normalized spacial score (nSPS) is 19.2. The molecular weight excluding hydrogens is 546 g/mol. The highest BCUT2D eigenvalue weighted by Crippen LogP contribution is 2.26. The number of nitrogens with zero attached hydrogens (tertiary/aromatic N) is 7. The Bertz CT molecular complexity index is 1790. The van der Waals surface area contributed by atoms with Gasteiger partial charge in [-0.05, 0) is 49.2 Å². The zero-order chi connectivity index (χ0) is 29.5. The zero-order valence-electron chi connectivity index (χ0n) is 24.4. The summed E-state index contributed by atoms with van der Waals surface area (Å²) in [7, 11) is 1.94. The van der Waals surface area contributed by atoms with Crippen molar-refractivity contribution in [3.8, 4) is 5.88 Å². The van der Waals surface area contributed by atoms with Crippen molar-refractivity contribution in [2.75, 3.05) is 31.1 Å². The quantitative estimate of drug-likeness (QED) is 0.275. The van der Waals surface area contributed by atoms with E-state index in [0.717, 1.165) is 71.8 Å². The number of aromatic carboxylic acids is 1. The molecule has 5 aromatic rings. The van der Waals surface area contributed by atoms with Crippen molar-refractivity contribution in [3.05, 3.63) is 77.7 Å². The number of hydrogen-bond donors (Lipinski definition) is 1. The smallest absolute Gasteiger partial charge is 0.335 e. The Morgan fingerprint density at radius 3 is 2.77 bits per heavy atom. The molecule has 2 saturated heterocycles. The topological polar surface area (TPSA) is 111 Å². The van der Waals surface area contributed by atoms with E-state index in [4.69, 9.17) is 19.4 Å². The van der Waals surface area contributed by atoms with Crippen LogP contribution in [0.2, 0.25) is 0 Å². The third-order valence-corrected chi connectivity index (χ3v) is 8.60. The lowest BCUT2D eigenvalue weighted by molar-refractivity contribution is -0.0592. The van der Waals surface area contributed by atoms with Crippen molar-refractivity contribution >= 4 is 33.7 Å². The number of carbonyl (C=O) groups is 1. The first-order valence-electron chi connectivity index (χ1n) is 14.7. The standard InChI is InChI=1S/C32H35N7O4/c1-21-17-38(29-4-3-5-31(35-29)43-20-22-6-7-24-16-33-36(2)27(24)14-22)12-11-37(21)19-30-34-26-9-8-23(32(40)41)15-28(26)39(30)18-25-10-13-42-25/h3-9,14-16,21,25H,10-13,17-20H2,1-2H3,(H,40,41). The Morgan fingerprint density at radius 2 is 1.98 bits per heavy atom. The molecule has 1 N–H and O–H groups in total. The van der Waals surface area contributed by atoms with Crippen LogP contribution in [0.15, 0.2) is 60.8 Å². The first kappa shape index (κ1) is 27.4. The second-order valence-electron chi connectivity index (χ2n) is 11.5. The van der Waals surface area contributed by atoms with Crippen LogP contribution in [0.3, 0.4) is 0 Å². The second-order valence-corrected chi connectivity index (χ2v) is 11.5. The van der Waals surface area contributed by atoms with Gasteiger partial charge >= 0.3 is 5.97 Å². The molecule has 3 aromatic heterocycles. The molecule has 11 nitrogen and oxygen atoms in total. The van der Waals surface area contributed by atoms with Crippen LogP contribution in [0.5, 0.6) is 5.88 Å². The highest BCUT2D eigenvalue weighted by atomic mass is 16.5. The molecule has 0 spiro atoms. The number of hydrogen-bond acceptors (Lipinski definition) is 8. The largest absolute Gasteiger partial charge is 0.478 e. The van der Waals surface area contributed by atoms with Gasteiger partial charge in [-0.3, -0.25) is 9.58 Å². The van der Waals surface area contributed by atoms with Gasteiger partial charge in [0.25, 0.3) is 0 Å². The molecule has 43 heavy (non-hydrogen) atoms. The van der Waals surface area contributed by atoms with Gasteiger partial charge in [-0.15, -0.1) is 0 Å². The van der Waals surface area contributed by atoms with Crippen molar-refractivity contribution in [1.29, 1.82) is 0 Å². The number of carboxylic acid groups (broad SMARTS) is 1. The van der Waals surface area contributed by atoms with Gasteiger partial charge in [-0.1, -0.05) is 18.2 Å². The van der Waals surface area contributed by atoms with Crippen molar-refractivity contribution < 1.29 is 19.4 Å². The summed E-state index contributed by atoms with van der Waals surface area (Å²) in [5, 5.41) is 15.0. The lowest BCUT2D eigenvalue weighted by Gasteiger charge is -2.40. The average molecular weight is 582 g/mol. The number of imidazole rings is 1. The molecule has 5 heterocycles. The van der Waals surface area contributed by atoms with Crippen molar-refractivity contribution in [2.45, 2.75) is 45.2 Å². The Kier molecular flexibility index (Phi) is 7.20. The Labute approximate surface area is 249 Å². The summed E-state index contributed by atoms with van der Waals surface area (Å²) in [5.41, 5.74) is 4.07. The van der Waals surface area contributed by atoms with E-state index in [1.54, 1.807) is 18.2 Å². The Hall–Kier alpha value is -4.48. The van der Waals surface area contributed by atoms with E-state index in [9.17, 15) is 9.90 Å². The third-order valence-electron chi connectivity index (χ3n) is 8.60. The number of pyridine rings is 1. The number of rotatable bonds is 9. The summed E-state index contributed by atoms with van der Waals surface area (Å²) in [4.78, 5) is 26.1. The van der Waals surface area contributed by atoms with Gasteiger partial charge in [0.2, 0.25) is 5.88 Å². The fourth-order valence-electron chi connectivity index (χ4n) is 5.98. The molecule has 0 saturated carbocycles. The predicted molar refractivity (Wildman–Crippen MR) is 162 cm³/mol. The lowest BCUT2D eigenvalue weighted by Crippen LogP contribution is -2.52. The van der Waals surface area contributed by atoms with Crippen LogP contribution in [0.4, 0.5) is 5.82 Å². The molecule has 222 valence electrons. The number of aryl methyl sites for hydroxylation is 1. The molecule has 0 amide bonds. The van der Waals surface area contributed by atoms with Crippen LogP contribution in [-0.4, -0.2) is 78.7 Å². The maximum absolute atomic E-state index is 11.6. The monoisotopic (exact) mass is 581 g/mol. The number of anilines is 1. The van der Waals surface area contributed by atoms with Crippen molar-refractivity contribution in [1.82, 2.24) is 29.2 Å². The number of ether oxygens (including phenoxy) is 2. The summed E-state index contributed by atoms with van der Waals surface area (Å²) in [6.45, 7) is 7.28. The van der Waals surface area contributed by atoms with Crippen LogP contribution in [0.25, 0.3) is 21.9 Å². The number of aromatic nitrogens is 5. The van der Waals surface area contributed by atoms with Crippen LogP contribution in [0, 0.1) is 0 Å². The average Bonchev–Trinajstić information content (AvgIpc) is 3.53. The van der Waals surface area contributed by atoms with Crippen LogP contribution >= 0.6 is 0 Å². The molecule has 2 unspecified atom stereocenters. The molecule has 0 bridgehead atoms. The number of benzene rings is 2. The minimum atomic E-state index is -0.935. The van der Waals surface area contributed by atoms with Gasteiger partial charge in [0.05, 0.1) is 47.5 Å². The Morgan fingerprint density at radius 1 is 1.09 bits per heavy atom. The van der Waals surface area contributed by atoms with Gasteiger partial charge < -0.3 is 24.0 Å². The summed E-state index contributed by atoms with van der Waals surface area (Å²) < 4.78 is 15.8. The SMILES string of the molecule is CC1CN(c2cccc(OCc3ccc4cnn(C)c4c3)n2)CCN1Cc1nc2ccc(C(=O)O)cc2n1CC1CCO1. The fourth-order valence-corrected chi connectivity index (χ4v) is 5.98. The van der Waals surface area contributed by atoms with E-state index in [2.05, 4.69) is 44.6 Å². The number of piperazine rings is 1. The van der Waals surface area contributed by atoms with E-state index in [1.807, 2.05) is 36.1 Å². The highest BCUT2D eigenvalue weighted by Gasteiger charge is 2.28. The molecule has 2 fully saturated rings. The zero-order valence-corrected chi connectivity index (χ0v) is 24.4. The van der Waals surface area contributed by atoms with Crippen LogP contribution < -0.4 is 9.64 Å². The molecule has 2 aromatic carbocycles. The molecule has 11 heteroatoms. The molecule has 2 atom stereocenters. The summed E-state index contributed by atoms with van der Waals surface area (Å²) in [5.74, 6) is 1.51. The maximum atomic E-state index is 11.6. The number of fused-ring (bicyclic) bond motifs is 2. The predicted octanol–water partition coefficient (Wildman–Crippen LogP) is 4.09. The molecule has 2 aliphatic heterocycles. The minimum absolute atomic E-state index is 0.137. The molecule has 7 rings (SSSR count). The van der Waals surface area contributed by atoms with E-state index < -0.39 is 5.97 Å². The van der Waals surface area contributed by atoms with Gasteiger partial charge in [0.1, 0.15) is 18.2 Å². The highest BCUT2D eigenvalue weighted by molar-refractivity contribution is 5.92. The first-order valence-corrected chi connectivity index (χ1v) is 14.7. The van der Waals surface area contributed by atoms with Gasteiger partial charge in [0.15, 0.2) is 0 Å². The molecular formula is C32H35N7O4. The van der Waals surface area contributed by atoms with Crippen molar-refractivity contribution in [3.63, 3.8) is 0 Å². The third kappa shape index (κ3) is 5.53. The van der Waals surface area contributed by atoms with Gasteiger partial charge in [-0.25, -0.2) is 9.78 Å². The first-order chi connectivity index (χ1) is 20.9. The molecule has 2 aliphatic rings. The van der Waals surface area contributed by atoms with Crippen LogP contribution in [-0.2, 0) is 31.5 Å². The fraction of sp³-hybridized carbons (Fsp3) is 0.375. The molecule has 0 radical (unpaired) electrons. The summed E-state index contributed by atoms with van der Waals surface area (Å²) in [6.07, 6.45) is 3.00. The van der Waals surface area contributed by atoms with E-state index in [0.29, 0.717) is 25.6 Å². The van der Waals surface area contributed by atoms with Gasteiger partial charge in [0, 0.05) is 50.8 Å². The van der Waals surface area contributed by atoms with Crippen LogP contribution in [0.1, 0.15) is 35.1 Å². The van der Waals surface area contributed by atoms with E-state index in [-0.39, 0.29) is 17.7 Å². The van der Waals surface area contributed by atoms with Gasteiger partial charge in [-0.2, -0.15) is 10.1 Å². The maximum Gasteiger partial charge on any atom is 0.335 e.